The van der Waals surface area contributed by atoms with E-state index in [1.54, 1.807) is 0 Å². The molecule has 2 fully saturated rings. The zero-order valence-corrected chi connectivity index (χ0v) is 11.8. The number of nitrogen functional groups attached to an aromatic ring is 1. The lowest BCUT2D eigenvalue weighted by Crippen LogP contribution is -2.42. The van der Waals surface area contributed by atoms with E-state index in [1.165, 1.54) is 31.5 Å². The van der Waals surface area contributed by atoms with Crippen molar-refractivity contribution in [2.45, 2.75) is 37.8 Å². The van der Waals surface area contributed by atoms with Gasteiger partial charge in [0, 0.05) is 18.6 Å². The van der Waals surface area contributed by atoms with Crippen LogP contribution in [0.5, 0.6) is 0 Å². The van der Waals surface area contributed by atoms with Crippen LogP contribution in [0.25, 0.3) is 0 Å². The standard InChI is InChI=1S/C15H20FN3O2/c16-11-3-4-12(13(14(11)17)15(20)21)18-9-5-7-19-6-1-2-10(19)8-9/h3-4,9-10,18H,1-2,5-8,17H2,(H,20,21). The summed E-state index contributed by atoms with van der Waals surface area (Å²) in [6.07, 6.45) is 4.40. The number of benzene rings is 1. The van der Waals surface area contributed by atoms with E-state index in [0.717, 1.165) is 19.4 Å². The second kappa shape index (κ2) is 5.52. The number of rotatable bonds is 3. The molecule has 5 nitrogen and oxygen atoms in total. The number of halogens is 1. The largest absolute Gasteiger partial charge is 0.478 e. The van der Waals surface area contributed by atoms with E-state index in [1.807, 2.05) is 0 Å². The van der Waals surface area contributed by atoms with E-state index in [9.17, 15) is 14.3 Å². The van der Waals surface area contributed by atoms with Crippen LogP contribution in [0.4, 0.5) is 15.8 Å². The number of nitrogens with two attached hydrogens (primary N) is 1. The molecule has 2 heterocycles. The van der Waals surface area contributed by atoms with E-state index in [2.05, 4.69) is 10.2 Å². The monoisotopic (exact) mass is 293 g/mol. The minimum absolute atomic E-state index is 0.163. The number of fused-ring (bicyclic) bond motifs is 1. The molecule has 2 aliphatic heterocycles. The average Bonchev–Trinajstić information content (AvgIpc) is 2.90. The maximum atomic E-state index is 13.5. The Morgan fingerprint density at radius 2 is 2.19 bits per heavy atom. The maximum absolute atomic E-state index is 13.5. The number of carbonyl (C=O) groups is 1. The molecular formula is C15H20FN3O2. The van der Waals surface area contributed by atoms with Crippen LogP contribution < -0.4 is 11.1 Å². The molecule has 0 radical (unpaired) electrons. The Morgan fingerprint density at radius 1 is 1.38 bits per heavy atom. The topological polar surface area (TPSA) is 78.6 Å². The highest BCUT2D eigenvalue weighted by molar-refractivity contribution is 6.00. The molecule has 114 valence electrons. The van der Waals surface area contributed by atoms with Crippen molar-refractivity contribution in [1.29, 1.82) is 0 Å². The van der Waals surface area contributed by atoms with Crippen molar-refractivity contribution < 1.29 is 14.3 Å². The number of hydrogen-bond acceptors (Lipinski definition) is 4. The fraction of sp³-hybridized carbons (Fsp3) is 0.533. The molecule has 0 spiro atoms. The van der Waals surface area contributed by atoms with E-state index in [4.69, 9.17) is 5.73 Å². The van der Waals surface area contributed by atoms with E-state index in [-0.39, 0.29) is 17.3 Å². The van der Waals surface area contributed by atoms with Gasteiger partial charge in [-0.3, -0.25) is 0 Å². The van der Waals surface area contributed by atoms with Crippen LogP contribution in [0.2, 0.25) is 0 Å². The molecular weight excluding hydrogens is 273 g/mol. The van der Waals surface area contributed by atoms with E-state index >= 15 is 0 Å². The zero-order valence-electron chi connectivity index (χ0n) is 11.8. The van der Waals surface area contributed by atoms with Crippen LogP contribution >= 0.6 is 0 Å². The second-order valence-corrected chi connectivity index (χ2v) is 5.89. The maximum Gasteiger partial charge on any atom is 0.340 e. The highest BCUT2D eigenvalue weighted by Crippen LogP contribution is 2.31. The van der Waals surface area contributed by atoms with Gasteiger partial charge in [-0.25, -0.2) is 9.18 Å². The van der Waals surface area contributed by atoms with Crippen LogP contribution in [-0.4, -0.2) is 41.1 Å². The van der Waals surface area contributed by atoms with Crippen molar-refractivity contribution in [2.75, 3.05) is 24.1 Å². The molecule has 2 atom stereocenters. The third-order valence-electron chi connectivity index (χ3n) is 4.59. The Labute approximate surface area is 122 Å². The summed E-state index contributed by atoms with van der Waals surface area (Å²) in [6, 6.07) is 3.49. The van der Waals surface area contributed by atoms with Gasteiger partial charge in [0.05, 0.1) is 11.4 Å². The van der Waals surface area contributed by atoms with E-state index < -0.39 is 11.8 Å². The van der Waals surface area contributed by atoms with Crippen molar-refractivity contribution in [3.8, 4) is 0 Å². The van der Waals surface area contributed by atoms with Gasteiger partial charge in [0.25, 0.3) is 0 Å². The summed E-state index contributed by atoms with van der Waals surface area (Å²) in [4.78, 5) is 13.8. The molecule has 3 rings (SSSR count). The number of piperidine rings is 1. The number of carboxylic acids is 1. The number of nitrogens with zero attached hydrogens (tertiary/aromatic N) is 1. The molecule has 2 aliphatic rings. The fourth-order valence-electron chi connectivity index (χ4n) is 3.52. The minimum Gasteiger partial charge on any atom is -0.478 e. The third kappa shape index (κ3) is 2.68. The summed E-state index contributed by atoms with van der Waals surface area (Å²) in [5.74, 6) is -1.89. The van der Waals surface area contributed by atoms with Crippen LogP contribution in [0.1, 0.15) is 36.0 Å². The molecule has 2 saturated heterocycles. The van der Waals surface area contributed by atoms with Crippen molar-refractivity contribution in [2.24, 2.45) is 0 Å². The molecule has 1 aromatic rings. The summed E-state index contributed by atoms with van der Waals surface area (Å²) < 4.78 is 13.5. The molecule has 0 amide bonds. The van der Waals surface area contributed by atoms with Gasteiger partial charge in [0.15, 0.2) is 0 Å². The SMILES string of the molecule is Nc1c(F)ccc(NC2CCN3CCCC3C2)c1C(=O)O. The number of aromatic carboxylic acids is 1. The first-order valence-electron chi connectivity index (χ1n) is 7.38. The van der Waals surface area contributed by atoms with Crippen molar-refractivity contribution in [3.05, 3.63) is 23.5 Å². The van der Waals surface area contributed by atoms with Crippen LogP contribution in [0, 0.1) is 5.82 Å². The summed E-state index contributed by atoms with van der Waals surface area (Å²) in [7, 11) is 0. The lowest BCUT2D eigenvalue weighted by molar-refractivity contribution is 0.0698. The Morgan fingerprint density at radius 3 is 2.95 bits per heavy atom. The molecule has 1 aromatic carbocycles. The number of nitrogens with one attached hydrogen (secondary N) is 1. The highest BCUT2D eigenvalue weighted by atomic mass is 19.1. The first-order valence-corrected chi connectivity index (χ1v) is 7.38. The minimum atomic E-state index is -1.20. The highest BCUT2D eigenvalue weighted by Gasteiger charge is 2.32. The Bertz CT molecular complexity index is 564. The number of anilines is 2. The molecule has 2 unspecified atom stereocenters. The van der Waals surface area contributed by atoms with Gasteiger partial charge in [-0.2, -0.15) is 0 Å². The lowest BCUT2D eigenvalue weighted by atomic mass is 9.97. The van der Waals surface area contributed by atoms with Crippen LogP contribution in [0.3, 0.4) is 0 Å². The molecule has 4 N–H and O–H groups in total. The Kier molecular flexibility index (Phi) is 3.71. The summed E-state index contributed by atoms with van der Waals surface area (Å²) >= 11 is 0. The van der Waals surface area contributed by atoms with Gasteiger partial charge in [0.1, 0.15) is 11.4 Å². The van der Waals surface area contributed by atoms with E-state index in [0.29, 0.717) is 11.7 Å². The van der Waals surface area contributed by atoms with Crippen molar-refractivity contribution >= 4 is 17.3 Å². The molecule has 21 heavy (non-hydrogen) atoms. The van der Waals surface area contributed by atoms with Crippen molar-refractivity contribution in [1.82, 2.24) is 4.90 Å². The summed E-state index contributed by atoms with van der Waals surface area (Å²) in [5.41, 5.74) is 5.52. The predicted octanol–water partition coefficient (Wildman–Crippen LogP) is 2.14. The van der Waals surface area contributed by atoms with Crippen LogP contribution in [0.15, 0.2) is 12.1 Å². The molecule has 0 aromatic heterocycles. The van der Waals surface area contributed by atoms with Gasteiger partial charge in [-0.15, -0.1) is 0 Å². The van der Waals surface area contributed by atoms with Gasteiger partial charge in [-0.05, 0) is 44.4 Å². The summed E-state index contributed by atoms with van der Waals surface area (Å²) in [5, 5.41) is 12.5. The lowest BCUT2D eigenvalue weighted by Gasteiger charge is -2.35. The molecule has 6 heteroatoms. The average molecular weight is 293 g/mol. The number of carboxylic acid groups (broad SMARTS) is 1. The normalized spacial score (nSPS) is 25.6. The summed E-state index contributed by atoms with van der Waals surface area (Å²) in [6.45, 7) is 2.20. The van der Waals surface area contributed by atoms with Gasteiger partial charge in [0.2, 0.25) is 0 Å². The Balaban J connectivity index is 1.79. The van der Waals surface area contributed by atoms with Crippen molar-refractivity contribution in [3.63, 3.8) is 0 Å². The smallest absolute Gasteiger partial charge is 0.340 e. The zero-order chi connectivity index (χ0) is 15.0. The Hall–Kier alpha value is -1.82. The van der Waals surface area contributed by atoms with Gasteiger partial charge >= 0.3 is 5.97 Å². The first kappa shape index (κ1) is 14.1. The predicted molar refractivity (Wildman–Crippen MR) is 79.0 cm³/mol. The second-order valence-electron chi connectivity index (χ2n) is 5.89. The van der Waals surface area contributed by atoms with Gasteiger partial charge in [-0.1, -0.05) is 0 Å². The van der Waals surface area contributed by atoms with Crippen LogP contribution in [-0.2, 0) is 0 Å². The number of hydrogen-bond donors (Lipinski definition) is 3. The third-order valence-corrected chi connectivity index (χ3v) is 4.59. The molecule has 0 saturated carbocycles. The molecule has 0 bridgehead atoms. The first-order chi connectivity index (χ1) is 10.1. The van der Waals surface area contributed by atoms with Gasteiger partial charge < -0.3 is 21.1 Å². The fourth-order valence-corrected chi connectivity index (χ4v) is 3.52. The molecule has 0 aliphatic carbocycles. The quantitative estimate of drug-likeness (QED) is 0.744.